The molecule has 4 heterocycles. The lowest BCUT2D eigenvalue weighted by Gasteiger charge is -2.35. The minimum atomic E-state index is 0.490. The van der Waals surface area contributed by atoms with Gasteiger partial charge in [0, 0.05) is 42.5 Å². The zero-order valence-electron chi connectivity index (χ0n) is 15.6. The Morgan fingerprint density at radius 3 is 2.75 bits per heavy atom. The van der Waals surface area contributed by atoms with Crippen LogP contribution in [-0.2, 0) is 6.54 Å². The molecule has 2 saturated heterocycles. The number of anilines is 3. The van der Waals surface area contributed by atoms with Crippen LogP contribution in [0, 0.1) is 0 Å². The molecular formula is C22H22N6. The maximum Gasteiger partial charge on any atom is 0.228 e. The molecule has 0 aliphatic carbocycles. The Morgan fingerprint density at radius 2 is 1.86 bits per heavy atom. The molecule has 0 amide bonds. The van der Waals surface area contributed by atoms with Crippen LogP contribution >= 0.6 is 0 Å². The van der Waals surface area contributed by atoms with Crippen LogP contribution in [0.3, 0.4) is 0 Å². The number of nitrogens with zero attached hydrogens (tertiary/aromatic N) is 4. The van der Waals surface area contributed by atoms with Gasteiger partial charge in [-0.05, 0) is 48.2 Å². The molecule has 1 aromatic heterocycles. The van der Waals surface area contributed by atoms with Crippen molar-refractivity contribution in [2.24, 2.45) is 4.99 Å². The first-order chi connectivity index (χ1) is 13.8. The number of piperazine rings is 1. The molecule has 140 valence electrons. The highest BCUT2D eigenvalue weighted by atomic mass is 15.4. The van der Waals surface area contributed by atoms with Gasteiger partial charge in [0.25, 0.3) is 0 Å². The first-order valence-corrected chi connectivity index (χ1v) is 10.0. The van der Waals surface area contributed by atoms with Gasteiger partial charge in [-0.25, -0.2) is 4.98 Å². The van der Waals surface area contributed by atoms with Gasteiger partial charge in [0.1, 0.15) is 5.82 Å². The second kappa shape index (κ2) is 6.27. The lowest BCUT2D eigenvalue weighted by atomic mass is 10.1. The molecule has 0 saturated carbocycles. The van der Waals surface area contributed by atoms with E-state index in [0.717, 1.165) is 48.0 Å². The van der Waals surface area contributed by atoms with Crippen molar-refractivity contribution < 1.29 is 0 Å². The second-order valence-corrected chi connectivity index (χ2v) is 7.85. The van der Waals surface area contributed by atoms with Crippen LogP contribution in [0.4, 0.5) is 17.5 Å². The van der Waals surface area contributed by atoms with E-state index in [2.05, 4.69) is 50.9 Å². The Labute approximate surface area is 163 Å². The lowest BCUT2D eigenvalue weighted by Crippen LogP contribution is -2.52. The standard InChI is InChI=1S/C22H22N6/c1-2-4-20-19(3-1)21(25-16-6-5-14-10-23-11-15(14)9-16)27-22(26-20)28-17-7-8-18(28)13-24-12-17/h1-6,9,11,17-18,24H,7-8,10,12-13H2,(H,25,26,27). The van der Waals surface area contributed by atoms with Gasteiger partial charge in [0.05, 0.1) is 12.1 Å². The first kappa shape index (κ1) is 16.0. The fraction of sp³-hybridized carbons (Fsp3) is 0.318. The van der Waals surface area contributed by atoms with E-state index in [-0.39, 0.29) is 0 Å². The Balaban J connectivity index is 1.43. The molecule has 2 atom stereocenters. The van der Waals surface area contributed by atoms with Gasteiger partial charge in [0.15, 0.2) is 0 Å². The molecule has 0 spiro atoms. The summed E-state index contributed by atoms with van der Waals surface area (Å²) in [5.74, 6) is 1.71. The van der Waals surface area contributed by atoms with Crippen molar-refractivity contribution in [2.75, 3.05) is 23.3 Å². The molecule has 2 N–H and O–H groups in total. The van der Waals surface area contributed by atoms with E-state index in [9.17, 15) is 0 Å². The Bertz CT molecular complexity index is 1080. The van der Waals surface area contributed by atoms with Crippen LogP contribution in [0.1, 0.15) is 24.0 Å². The summed E-state index contributed by atoms with van der Waals surface area (Å²) < 4.78 is 0. The fourth-order valence-corrected chi connectivity index (χ4v) is 4.70. The van der Waals surface area contributed by atoms with Crippen molar-refractivity contribution in [3.63, 3.8) is 0 Å². The molecule has 2 aromatic carbocycles. The van der Waals surface area contributed by atoms with Gasteiger partial charge in [-0.3, -0.25) is 4.99 Å². The lowest BCUT2D eigenvalue weighted by molar-refractivity contribution is 0.477. The Morgan fingerprint density at radius 1 is 1.00 bits per heavy atom. The molecule has 6 nitrogen and oxygen atoms in total. The molecule has 3 aromatic rings. The number of benzene rings is 2. The van der Waals surface area contributed by atoms with Crippen LogP contribution in [-0.4, -0.2) is 41.4 Å². The van der Waals surface area contributed by atoms with Gasteiger partial charge in [-0.2, -0.15) is 4.98 Å². The summed E-state index contributed by atoms with van der Waals surface area (Å²) in [6, 6.07) is 15.6. The minimum absolute atomic E-state index is 0.490. The highest BCUT2D eigenvalue weighted by molar-refractivity contribution is 5.93. The largest absolute Gasteiger partial charge is 0.340 e. The normalized spacial score (nSPS) is 22.6. The molecule has 2 unspecified atom stereocenters. The van der Waals surface area contributed by atoms with Gasteiger partial charge in [-0.1, -0.05) is 18.2 Å². The molecule has 6 heteroatoms. The Hall–Kier alpha value is -2.99. The van der Waals surface area contributed by atoms with E-state index in [4.69, 9.17) is 9.97 Å². The molecule has 2 fully saturated rings. The van der Waals surface area contributed by atoms with Gasteiger partial charge in [-0.15, -0.1) is 0 Å². The van der Waals surface area contributed by atoms with Crippen molar-refractivity contribution in [1.29, 1.82) is 0 Å². The predicted octanol–water partition coefficient (Wildman–Crippen LogP) is 3.25. The summed E-state index contributed by atoms with van der Waals surface area (Å²) in [5.41, 5.74) is 4.47. The van der Waals surface area contributed by atoms with Crippen molar-refractivity contribution in [2.45, 2.75) is 31.5 Å². The average Bonchev–Trinajstić information content (AvgIpc) is 3.29. The third kappa shape index (κ3) is 2.56. The molecule has 28 heavy (non-hydrogen) atoms. The van der Waals surface area contributed by atoms with Crippen LogP contribution in [0.5, 0.6) is 0 Å². The number of rotatable bonds is 3. The smallest absolute Gasteiger partial charge is 0.228 e. The zero-order valence-corrected chi connectivity index (χ0v) is 15.6. The molecular weight excluding hydrogens is 348 g/mol. The zero-order chi connectivity index (χ0) is 18.5. The van der Waals surface area contributed by atoms with Crippen molar-refractivity contribution in [3.05, 3.63) is 53.6 Å². The van der Waals surface area contributed by atoms with Gasteiger partial charge in [0.2, 0.25) is 5.95 Å². The summed E-state index contributed by atoms with van der Waals surface area (Å²) in [7, 11) is 0. The van der Waals surface area contributed by atoms with E-state index >= 15 is 0 Å². The first-order valence-electron chi connectivity index (χ1n) is 10.0. The molecule has 3 aliphatic heterocycles. The second-order valence-electron chi connectivity index (χ2n) is 7.85. The molecule has 2 bridgehead atoms. The summed E-state index contributed by atoms with van der Waals surface area (Å²) in [6.07, 6.45) is 4.37. The predicted molar refractivity (Wildman–Crippen MR) is 113 cm³/mol. The van der Waals surface area contributed by atoms with E-state index in [1.165, 1.54) is 24.0 Å². The summed E-state index contributed by atoms with van der Waals surface area (Å²) in [5, 5.41) is 8.13. The van der Waals surface area contributed by atoms with E-state index in [1.54, 1.807) is 0 Å². The van der Waals surface area contributed by atoms with Crippen molar-refractivity contribution in [1.82, 2.24) is 15.3 Å². The van der Waals surface area contributed by atoms with E-state index in [1.807, 2.05) is 18.3 Å². The topological polar surface area (TPSA) is 65.4 Å². The monoisotopic (exact) mass is 370 g/mol. The molecule has 0 radical (unpaired) electrons. The molecule has 6 rings (SSSR count). The number of nitrogens with one attached hydrogen (secondary N) is 2. The average molecular weight is 370 g/mol. The van der Waals surface area contributed by atoms with E-state index in [0.29, 0.717) is 12.1 Å². The molecule has 3 aliphatic rings. The van der Waals surface area contributed by atoms with Crippen LogP contribution < -0.4 is 15.5 Å². The number of para-hydroxylation sites is 1. The van der Waals surface area contributed by atoms with Crippen molar-refractivity contribution >= 4 is 34.6 Å². The van der Waals surface area contributed by atoms with Crippen LogP contribution in [0.2, 0.25) is 0 Å². The third-order valence-electron chi connectivity index (χ3n) is 6.10. The quantitative estimate of drug-likeness (QED) is 0.741. The number of hydrogen-bond acceptors (Lipinski definition) is 6. The van der Waals surface area contributed by atoms with Crippen LogP contribution in [0.15, 0.2) is 47.5 Å². The number of aliphatic imine (C=N–C) groups is 1. The van der Waals surface area contributed by atoms with E-state index < -0.39 is 0 Å². The highest BCUT2D eigenvalue weighted by Gasteiger charge is 2.38. The summed E-state index contributed by atoms with van der Waals surface area (Å²) in [6.45, 7) is 2.81. The number of aromatic nitrogens is 2. The third-order valence-corrected chi connectivity index (χ3v) is 6.10. The maximum absolute atomic E-state index is 5.00. The Kier molecular flexibility index (Phi) is 3.59. The fourth-order valence-electron chi connectivity index (χ4n) is 4.70. The van der Waals surface area contributed by atoms with Crippen LogP contribution in [0.25, 0.3) is 10.9 Å². The van der Waals surface area contributed by atoms with Crippen molar-refractivity contribution in [3.8, 4) is 0 Å². The highest BCUT2D eigenvalue weighted by Crippen LogP contribution is 2.34. The number of hydrogen-bond donors (Lipinski definition) is 2. The maximum atomic E-state index is 5.00. The van der Waals surface area contributed by atoms with Gasteiger partial charge >= 0.3 is 0 Å². The van der Waals surface area contributed by atoms with Gasteiger partial charge < -0.3 is 15.5 Å². The summed E-state index contributed by atoms with van der Waals surface area (Å²) in [4.78, 5) is 16.7. The minimum Gasteiger partial charge on any atom is -0.340 e. The number of fused-ring (bicyclic) bond motifs is 4. The SMILES string of the molecule is C1=NCc2ccc(Nc3nc(N4C5CCC4CNC5)nc4ccccc34)cc21. The summed E-state index contributed by atoms with van der Waals surface area (Å²) >= 11 is 0.